The highest BCUT2D eigenvalue weighted by Crippen LogP contribution is 2.36. The number of ether oxygens (including phenoxy) is 2. The minimum atomic E-state index is -0.126. The molecule has 144 valence electrons. The lowest BCUT2D eigenvalue weighted by Crippen LogP contribution is -2.05. The van der Waals surface area contributed by atoms with Crippen LogP contribution in [0.5, 0.6) is 11.5 Å². The fourth-order valence-corrected chi connectivity index (χ4v) is 3.53. The molecule has 0 saturated carbocycles. The molecule has 1 aliphatic heterocycles. The van der Waals surface area contributed by atoms with Crippen LogP contribution in [0, 0.1) is 11.3 Å². The number of thiazole rings is 1. The summed E-state index contributed by atoms with van der Waals surface area (Å²) in [4.78, 5) is 15.7. The van der Waals surface area contributed by atoms with Crippen molar-refractivity contribution in [3.05, 3.63) is 59.1 Å². The number of amides is 1. The monoisotopic (exact) mass is 404 g/mol. The highest BCUT2D eigenvalue weighted by atomic mass is 32.1. The van der Waals surface area contributed by atoms with E-state index < -0.39 is 0 Å². The first-order valence-electron chi connectivity index (χ1n) is 8.73. The zero-order chi connectivity index (χ0) is 20.2. The summed E-state index contributed by atoms with van der Waals surface area (Å²) >= 11 is 1.39. The van der Waals surface area contributed by atoms with Gasteiger partial charge in [0.1, 0.15) is 16.6 Å². The number of nitrogens with one attached hydrogen (secondary N) is 2. The van der Waals surface area contributed by atoms with Gasteiger partial charge in [0, 0.05) is 35.4 Å². The third-order valence-corrected chi connectivity index (χ3v) is 4.99. The van der Waals surface area contributed by atoms with Gasteiger partial charge in [0.2, 0.25) is 12.7 Å². The molecular weight excluding hydrogens is 388 g/mol. The molecule has 2 N–H and O–H groups in total. The smallest absolute Gasteiger partial charge is 0.231 e. The first-order chi connectivity index (χ1) is 14.1. The van der Waals surface area contributed by atoms with Crippen molar-refractivity contribution in [2.45, 2.75) is 6.92 Å². The fraction of sp³-hybridized carbons (Fsp3) is 0.0952. The number of allylic oxidation sites excluding steroid dienone is 1. The van der Waals surface area contributed by atoms with E-state index >= 15 is 0 Å². The maximum absolute atomic E-state index is 11.1. The lowest BCUT2D eigenvalue weighted by molar-refractivity contribution is -0.114. The average Bonchev–Trinajstić information content (AvgIpc) is 3.38. The summed E-state index contributed by atoms with van der Waals surface area (Å²) in [5, 5.41) is 17.8. The van der Waals surface area contributed by atoms with Crippen LogP contribution in [0.2, 0.25) is 0 Å². The van der Waals surface area contributed by atoms with Crippen LogP contribution >= 0.6 is 11.3 Å². The summed E-state index contributed by atoms with van der Waals surface area (Å²) in [5.74, 6) is 1.28. The number of rotatable bonds is 5. The topological polar surface area (TPSA) is 96.3 Å². The Kier molecular flexibility index (Phi) is 5.14. The Morgan fingerprint density at radius 3 is 2.69 bits per heavy atom. The number of hydrogen-bond acceptors (Lipinski definition) is 7. The second kappa shape index (κ2) is 8.04. The van der Waals surface area contributed by atoms with E-state index in [0.717, 1.165) is 22.7 Å². The standard InChI is InChI=1S/C21H16N4O3S/c1-13(26)24-17-5-3-16(4-6-17)23-10-15(9-22)21-25-18(11-29-21)14-2-7-19-20(8-14)28-12-27-19/h2-8,10-11,23H,12H2,1H3,(H,24,26)/b15-10+. The number of nitriles is 1. The Balaban J connectivity index is 1.50. The van der Waals surface area contributed by atoms with Crippen molar-refractivity contribution in [3.8, 4) is 28.8 Å². The predicted molar refractivity (Wildman–Crippen MR) is 112 cm³/mol. The number of carbonyl (C=O) groups is 1. The molecule has 0 fully saturated rings. The van der Waals surface area contributed by atoms with Gasteiger partial charge in [-0.15, -0.1) is 11.3 Å². The largest absolute Gasteiger partial charge is 0.454 e. The van der Waals surface area contributed by atoms with Crippen molar-refractivity contribution >= 4 is 34.2 Å². The van der Waals surface area contributed by atoms with Gasteiger partial charge in [0.15, 0.2) is 11.5 Å². The van der Waals surface area contributed by atoms with Crippen LogP contribution in [0.15, 0.2) is 54.0 Å². The molecule has 1 aromatic heterocycles. The summed E-state index contributed by atoms with van der Waals surface area (Å²) in [6.45, 7) is 1.68. The first kappa shape index (κ1) is 18.5. The van der Waals surface area contributed by atoms with E-state index in [4.69, 9.17) is 9.47 Å². The van der Waals surface area contributed by atoms with E-state index in [9.17, 15) is 10.1 Å². The molecule has 0 bridgehead atoms. The van der Waals surface area contributed by atoms with Gasteiger partial charge in [-0.3, -0.25) is 4.79 Å². The van der Waals surface area contributed by atoms with Crippen LogP contribution in [0.1, 0.15) is 11.9 Å². The van der Waals surface area contributed by atoms with Crippen molar-refractivity contribution in [1.29, 1.82) is 5.26 Å². The van der Waals surface area contributed by atoms with Gasteiger partial charge in [-0.1, -0.05) is 0 Å². The molecule has 8 heteroatoms. The second-order valence-corrected chi connectivity index (χ2v) is 7.04. The van der Waals surface area contributed by atoms with Crippen LogP contribution < -0.4 is 20.1 Å². The zero-order valence-corrected chi connectivity index (χ0v) is 16.2. The van der Waals surface area contributed by atoms with E-state index in [2.05, 4.69) is 21.7 Å². The van der Waals surface area contributed by atoms with E-state index in [0.29, 0.717) is 22.0 Å². The Morgan fingerprint density at radius 2 is 1.93 bits per heavy atom. The molecule has 0 saturated heterocycles. The number of nitrogens with zero attached hydrogens (tertiary/aromatic N) is 2. The second-order valence-electron chi connectivity index (χ2n) is 6.18. The fourth-order valence-electron chi connectivity index (χ4n) is 2.74. The zero-order valence-electron chi connectivity index (χ0n) is 15.4. The van der Waals surface area contributed by atoms with Crippen LogP contribution in [-0.4, -0.2) is 17.7 Å². The van der Waals surface area contributed by atoms with Crippen molar-refractivity contribution in [1.82, 2.24) is 4.98 Å². The van der Waals surface area contributed by atoms with Crippen LogP contribution in [0.3, 0.4) is 0 Å². The van der Waals surface area contributed by atoms with Crippen molar-refractivity contribution in [2.24, 2.45) is 0 Å². The molecule has 3 aromatic rings. The summed E-state index contributed by atoms with van der Waals surface area (Å²) < 4.78 is 10.7. The molecule has 2 aromatic carbocycles. The maximum atomic E-state index is 11.1. The summed E-state index contributed by atoms with van der Waals surface area (Å²) in [6.07, 6.45) is 1.62. The Morgan fingerprint density at radius 1 is 1.17 bits per heavy atom. The van der Waals surface area contributed by atoms with Crippen LogP contribution in [0.25, 0.3) is 16.8 Å². The number of hydrogen-bond donors (Lipinski definition) is 2. The lowest BCUT2D eigenvalue weighted by Gasteiger charge is -2.04. The number of benzene rings is 2. The number of fused-ring (bicyclic) bond motifs is 1. The Bertz CT molecular complexity index is 1130. The maximum Gasteiger partial charge on any atom is 0.231 e. The summed E-state index contributed by atoms with van der Waals surface area (Å²) in [7, 11) is 0. The molecule has 1 aliphatic rings. The van der Waals surface area contributed by atoms with Gasteiger partial charge in [-0.05, 0) is 42.5 Å². The molecular formula is C21H16N4O3S. The van der Waals surface area contributed by atoms with Gasteiger partial charge in [-0.25, -0.2) is 4.98 Å². The van der Waals surface area contributed by atoms with E-state index in [-0.39, 0.29) is 12.7 Å². The molecule has 1 amide bonds. The average molecular weight is 404 g/mol. The third kappa shape index (κ3) is 4.20. The molecule has 0 radical (unpaired) electrons. The quantitative estimate of drug-likeness (QED) is 0.609. The molecule has 0 aliphatic carbocycles. The van der Waals surface area contributed by atoms with Crippen molar-refractivity contribution < 1.29 is 14.3 Å². The molecule has 0 atom stereocenters. The van der Waals surface area contributed by atoms with Gasteiger partial charge in [-0.2, -0.15) is 5.26 Å². The summed E-state index contributed by atoms with van der Waals surface area (Å²) in [6, 6.07) is 15.0. The third-order valence-electron chi connectivity index (χ3n) is 4.11. The molecule has 0 unspecified atom stereocenters. The Labute approximate surface area is 171 Å². The first-order valence-corrected chi connectivity index (χ1v) is 9.61. The van der Waals surface area contributed by atoms with E-state index in [1.807, 2.05) is 35.7 Å². The normalized spacial score (nSPS) is 12.3. The van der Waals surface area contributed by atoms with Crippen molar-refractivity contribution in [3.63, 3.8) is 0 Å². The molecule has 0 spiro atoms. The number of aromatic nitrogens is 1. The number of anilines is 2. The van der Waals surface area contributed by atoms with Gasteiger partial charge < -0.3 is 20.1 Å². The van der Waals surface area contributed by atoms with E-state index in [1.165, 1.54) is 18.3 Å². The van der Waals surface area contributed by atoms with Gasteiger partial charge in [0.25, 0.3) is 0 Å². The number of carbonyl (C=O) groups excluding carboxylic acids is 1. The minimum Gasteiger partial charge on any atom is -0.454 e. The predicted octanol–water partition coefficient (Wildman–Crippen LogP) is 4.47. The lowest BCUT2D eigenvalue weighted by atomic mass is 10.1. The minimum absolute atomic E-state index is 0.126. The molecule has 7 nitrogen and oxygen atoms in total. The van der Waals surface area contributed by atoms with Crippen LogP contribution in [-0.2, 0) is 4.79 Å². The highest BCUT2D eigenvalue weighted by molar-refractivity contribution is 7.11. The van der Waals surface area contributed by atoms with Crippen molar-refractivity contribution in [2.75, 3.05) is 17.4 Å². The highest BCUT2D eigenvalue weighted by Gasteiger charge is 2.15. The molecule has 2 heterocycles. The van der Waals surface area contributed by atoms with Crippen LogP contribution in [0.4, 0.5) is 11.4 Å². The molecule has 4 rings (SSSR count). The Hall–Kier alpha value is -3.83. The molecule has 29 heavy (non-hydrogen) atoms. The van der Waals surface area contributed by atoms with Gasteiger partial charge >= 0.3 is 0 Å². The van der Waals surface area contributed by atoms with Gasteiger partial charge in [0.05, 0.1) is 5.69 Å². The summed E-state index contributed by atoms with van der Waals surface area (Å²) in [5.41, 5.74) is 3.59. The van der Waals surface area contributed by atoms with E-state index in [1.54, 1.807) is 18.3 Å². The SMILES string of the molecule is CC(=O)Nc1ccc(N/C=C(\C#N)c2nc(-c3ccc4c(c3)OCO4)cs2)cc1.